The fourth-order valence-corrected chi connectivity index (χ4v) is 3.11. The summed E-state index contributed by atoms with van der Waals surface area (Å²) in [4.78, 5) is 28.4. The molecule has 0 spiro atoms. The smallest absolute Gasteiger partial charge is 0.321 e. The lowest BCUT2D eigenvalue weighted by Crippen LogP contribution is -2.46. The van der Waals surface area contributed by atoms with E-state index in [-0.39, 0.29) is 5.78 Å². The minimum atomic E-state index is -1.42. The van der Waals surface area contributed by atoms with E-state index in [1.54, 1.807) is 12.4 Å². The molecule has 1 N–H and O–H groups in total. The number of benzene rings is 1. The van der Waals surface area contributed by atoms with Crippen molar-refractivity contribution in [2.75, 3.05) is 0 Å². The first-order valence-electron chi connectivity index (χ1n) is 6.76. The lowest BCUT2D eigenvalue weighted by Gasteiger charge is -2.32. The van der Waals surface area contributed by atoms with Crippen LogP contribution in [0, 0.1) is 0 Å². The molecule has 2 aromatic rings. The van der Waals surface area contributed by atoms with Crippen LogP contribution in [0.1, 0.15) is 31.2 Å². The first kappa shape index (κ1) is 12.8. The largest absolute Gasteiger partial charge is 0.480 e. The molecule has 1 aromatic heterocycles. The number of pyridine rings is 1. The van der Waals surface area contributed by atoms with Crippen molar-refractivity contribution in [1.82, 2.24) is 4.98 Å². The molecule has 0 saturated heterocycles. The van der Waals surface area contributed by atoms with E-state index in [0.717, 1.165) is 23.6 Å². The summed E-state index contributed by atoms with van der Waals surface area (Å²) in [5.41, 5.74) is -0.889. The standard InChI is InChI=1S/C16H15NO3/c18-14-7-3-4-8-16(14,15(19)20)13-10-17-9-11-5-1-2-6-12(11)13/h1-2,5-6,9-10H,3-4,7-8H2,(H,19,20). The quantitative estimate of drug-likeness (QED) is 0.851. The summed E-state index contributed by atoms with van der Waals surface area (Å²) in [6.45, 7) is 0. The van der Waals surface area contributed by atoms with Crippen LogP contribution in [-0.2, 0) is 15.0 Å². The number of rotatable bonds is 2. The van der Waals surface area contributed by atoms with Gasteiger partial charge in [0.1, 0.15) is 0 Å². The minimum Gasteiger partial charge on any atom is -0.480 e. The lowest BCUT2D eigenvalue weighted by atomic mass is 9.68. The normalized spacial score (nSPS) is 22.9. The molecular weight excluding hydrogens is 254 g/mol. The summed E-state index contributed by atoms with van der Waals surface area (Å²) in [6, 6.07) is 7.48. The highest BCUT2D eigenvalue weighted by atomic mass is 16.4. The van der Waals surface area contributed by atoms with Crippen LogP contribution in [0.3, 0.4) is 0 Å². The van der Waals surface area contributed by atoms with Gasteiger partial charge in [0, 0.05) is 29.8 Å². The number of nitrogens with zero attached hydrogens (tertiary/aromatic N) is 1. The molecule has 1 aromatic carbocycles. The zero-order valence-corrected chi connectivity index (χ0v) is 11.0. The van der Waals surface area contributed by atoms with Crippen LogP contribution in [0.25, 0.3) is 10.8 Å². The Morgan fingerprint density at radius 3 is 2.75 bits per heavy atom. The second kappa shape index (κ2) is 4.71. The van der Waals surface area contributed by atoms with Gasteiger partial charge in [0.25, 0.3) is 0 Å². The molecule has 0 bridgehead atoms. The van der Waals surface area contributed by atoms with Gasteiger partial charge >= 0.3 is 5.97 Å². The number of aromatic nitrogens is 1. The number of ketones is 1. The zero-order chi connectivity index (χ0) is 14.2. The van der Waals surface area contributed by atoms with Gasteiger partial charge in [0.05, 0.1) is 0 Å². The maximum Gasteiger partial charge on any atom is 0.321 e. The second-order valence-corrected chi connectivity index (χ2v) is 5.25. The van der Waals surface area contributed by atoms with Gasteiger partial charge in [-0.05, 0) is 18.2 Å². The van der Waals surface area contributed by atoms with Gasteiger partial charge in [-0.25, -0.2) is 0 Å². The molecule has 102 valence electrons. The van der Waals surface area contributed by atoms with Gasteiger partial charge in [0.2, 0.25) is 0 Å². The fraction of sp³-hybridized carbons (Fsp3) is 0.312. The Morgan fingerprint density at radius 2 is 2.00 bits per heavy atom. The SMILES string of the molecule is O=C(O)C1(c2cncc3ccccc23)CCCCC1=O. The van der Waals surface area contributed by atoms with Crippen LogP contribution in [-0.4, -0.2) is 21.8 Å². The van der Waals surface area contributed by atoms with Gasteiger partial charge in [-0.15, -0.1) is 0 Å². The van der Waals surface area contributed by atoms with Crippen LogP contribution in [0.2, 0.25) is 0 Å². The molecule has 4 nitrogen and oxygen atoms in total. The van der Waals surface area contributed by atoms with Crippen molar-refractivity contribution < 1.29 is 14.7 Å². The summed E-state index contributed by atoms with van der Waals surface area (Å²) in [5, 5.41) is 11.4. The molecule has 1 fully saturated rings. The van der Waals surface area contributed by atoms with Gasteiger partial charge in [0.15, 0.2) is 11.2 Å². The van der Waals surface area contributed by atoms with Crippen LogP contribution < -0.4 is 0 Å². The first-order chi connectivity index (χ1) is 9.66. The Bertz CT molecular complexity index is 690. The first-order valence-corrected chi connectivity index (χ1v) is 6.76. The number of carboxylic acid groups (broad SMARTS) is 1. The van der Waals surface area contributed by atoms with Crippen molar-refractivity contribution in [2.45, 2.75) is 31.1 Å². The van der Waals surface area contributed by atoms with Crippen molar-refractivity contribution in [3.05, 3.63) is 42.2 Å². The molecule has 1 aliphatic rings. The van der Waals surface area contributed by atoms with E-state index in [9.17, 15) is 14.7 Å². The maximum absolute atomic E-state index is 12.4. The van der Waals surface area contributed by atoms with Gasteiger partial charge in [-0.3, -0.25) is 14.6 Å². The van der Waals surface area contributed by atoms with E-state index in [1.165, 1.54) is 0 Å². The van der Waals surface area contributed by atoms with Crippen molar-refractivity contribution in [1.29, 1.82) is 0 Å². The molecule has 1 unspecified atom stereocenters. The third-order valence-corrected chi connectivity index (χ3v) is 4.17. The van der Waals surface area contributed by atoms with E-state index in [2.05, 4.69) is 4.98 Å². The molecule has 0 radical (unpaired) electrons. The van der Waals surface area contributed by atoms with E-state index < -0.39 is 11.4 Å². The number of fused-ring (bicyclic) bond motifs is 1. The number of aliphatic carboxylic acids is 1. The summed E-state index contributed by atoms with van der Waals surface area (Å²) in [7, 11) is 0. The number of carbonyl (C=O) groups is 2. The molecule has 20 heavy (non-hydrogen) atoms. The highest BCUT2D eigenvalue weighted by molar-refractivity contribution is 6.12. The molecule has 1 heterocycles. The summed E-state index contributed by atoms with van der Waals surface area (Å²) >= 11 is 0. The Balaban J connectivity index is 2.30. The predicted octanol–water partition coefficient (Wildman–Crippen LogP) is 2.70. The summed E-state index contributed by atoms with van der Waals surface area (Å²) < 4.78 is 0. The number of carboxylic acids is 1. The van der Waals surface area contributed by atoms with E-state index in [4.69, 9.17) is 0 Å². The average Bonchev–Trinajstić information content (AvgIpc) is 2.47. The Kier molecular flexibility index (Phi) is 3.01. The Hall–Kier alpha value is -2.23. The summed E-state index contributed by atoms with van der Waals surface area (Å²) in [6.07, 6.45) is 5.45. The molecule has 0 aliphatic heterocycles. The van der Waals surface area contributed by atoms with Crippen molar-refractivity contribution >= 4 is 22.5 Å². The number of carbonyl (C=O) groups excluding carboxylic acids is 1. The Morgan fingerprint density at radius 1 is 1.20 bits per heavy atom. The van der Waals surface area contributed by atoms with Crippen molar-refractivity contribution in [3.63, 3.8) is 0 Å². The highest BCUT2D eigenvalue weighted by Gasteiger charge is 2.49. The fourth-order valence-electron chi connectivity index (χ4n) is 3.11. The number of hydrogen-bond acceptors (Lipinski definition) is 3. The second-order valence-electron chi connectivity index (χ2n) is 5.25. The van der Waals surface area contributed by atoms with Crippen molar-refractivity contribution in [2.24, 2.45) is 0 Å². The minimum absolute atomic E-state index is 0.200. The number of Topliss-reactive ketones (excluding diaryl/α,β-unsaturated/α-hetero) is 1. The average molecular weight is 269 g/mol. The van der Waals surface area contributed by atoms with Crippen LogP contribution in [0.5, 0.6) is 0 Å². The molecular formula is C16H15NO3. The molecule has 4 heteroatoms. The van der Waals surface area contributed by atoms with E-state index >= 15 is 0 Å². The lowest BCUT2D eigenvalue weighted by molar-refractivity contribution is -0.150. The van der Waals surface area contributed by atoms with E-state index in [0.29, 0.717) is 18.4 Å². The Labute approximate surface area is 116 Å². The topological polar surface area (TPSA) is 67.3 Å². The summed E-state index contributed by atoms with van der Waals surface area (Å²) in [5.74, 6) is -1.25. The van der Waals surface area contributed by atoms with E-state index in [1.807, 2.05) is 24.3 Å². The molecule has 1 saturated carbocycles. The molecule has 1 aliphatic carbocycles. The molecule has 1 atom stereocenters. The monoisotopic (exact) mass is 269 g/mol. The van der Waals surface area contributed by atoms with Crippen LogP contribution in [0.4, 0.5) is 0 Å². The highest BCUT2D eigenvalue weighted by Crippen LogP contribution is 2.39. The maximum atomic E-state index is 12.4. The zero-order valence-electron chi connectivity index (χ0n) is 11.0. The predicted molar refractivity (Wildman–Crippen MR) is 74.5 cm³/mol. The van der Waals surface area contributed by atoms with Crippen LogP contribution in [0.15, 0.2) is 36.7 Å². The molecule has 3 rings (SSSR count). The number of hydrogen-bond donors (Lipinski definition) is 1. The third-order valence-electron chi connectivity index (χ3n) is 4.17. The third kappa shape index (κ3) is 1.72. The van der Waals surface area contributed by atoms with Gasteiger partial charge in [-0.1, -0.05) is 30.7 Å². The van der Waals surface area contributed by atoms with Gasteiger partial charge < -0.3 is 5.11 Å². The van der Waals surface area contributed by atoms with Crippen molar-refractivity contribution in [3.8, 4) is 0 Å². The molecule has 0 amide bonds. The van der Waals surface area contributed by atoms with Crippen LogP contribution >= 0.6 is 0 Å². The van der Waals surface area contributed by atoms with Gasteiger partial charge in [-0.2, -0.15) is 0 Å².